The highest BCUT2D eigenvalue weighted by Crippen LogP contribution is 2.24. The summed E-state index contributed by atoms with van der Waals surface area (Å²) in [5.41, 5.74) is 2.86. The first-order chi connectivity index (χ1) is 13.7. The number of pyridine rings is 1. The van der Waals surface area contributed by atoms with E-state index < -0.39 is 5.97 Å². The van der Waals surface area contributed by atoms with E-state index in [1.807, 2.05) is 36.4 Å². The third kappa shape index (κ3) is 3.73. The fraction of sp³-hybridized carbons (Fsp3) is 0.0476. The molecule has 0 amide bonds. The second-order valence-electron chi connectivity index (χ2n) is 5.97. The molecular formula is C21H17N5O2. The molecule has 138 valence electrons. The van der Waals surface area contributed by atoms with Crippen LogP contribution in [0.3, 0.4) is 0 Å². The predicted octanol–water partition coefficient (Wildman–Crippen LogP) is 4.30. The summed E-state index contributed by atoms with van der Waals surface area (Å²) in [7, 11) is 1.35. The average molecular weight is 371 g/mol. The lowest BCUT2D eigenvalue weighted by Crippen LogP contribution is -2.03. The highest BCUT2D eigenvalue weighted by molar-refractivity contribution is 5.92. The second kappa shape index (κ2) is 7.71. The third-order valence-corrected chi connectivity index (χ3v) is 4.09. The van der Waals surface area contributed by atoms with Gasteiger partial charge >= 0.3 is 5.97 Å². The van der Waals surface area contributed by atoms with Crippen molar-refractivity contribution >= 4 is 40.0 Å². The van der Waals surface area contributed by atoms with Crippen LogP contribution in [0.15, 0.2) is 73.1 Å². The topological polar surface area (TPSA) is 89.0 Å². The van der Waals surface area contributed by atoms with Gasteiger partial charge in [0.25, 0.3) is 0 Å². The summed E-state index contributed by atoms with van der Waals surface area (Å²) in [6.07, 6.45) is 3.41. The highest BCUT2D eigenvalue weighted by atomic mass is 16.5. The molecule has 0 fully saturated rings. The molecule has 0 bridgehead atoms. The maximum Gasteiger partial charge on any atom is 0.337 e. The fourth-order valence-electron chi connectivity index (χ4n) is 2.80. The number of carbonyl (C=O) groups excluding carboxylic acids is 1. The maximum absolute atomic E-state index is 11.7. The summed E-state index contributed by atoms with van der Waals surface area (Å²) in [4.78, 5) is 24.8. The number of nitrogens with zero attached hydrogens (tertiary/aromatic N) is 3. The number of carbonyl (C=O) groups is 1. The van der Waals surface area contributed by atoms with Crippen molar-refractivity contribution in [3.05, 3.63) is 78.6 Å². The van der Waals surface area contributed by atoms with Crippen molar-refractivity contribution in [2.75, 3.05) is 17.7 Å². The number of rotatable bonds is 5. The molecule has 0 aliphatic heterocycles. The van der Waals surface area contributed by atoms with E-state index in [4.69, 9.17) is 4.74 Å². The van der Waals surface area contributed by atoms with Gasteiger partial charge in [0.1, 0.15) is 5.82 Å². The van der Waals surface area contributed by atoms with Crippen molar-refractivity contribution in [1.29, 1.82) is 0 Å². The molecule has 7 heteroatoms. The van der Waals surface area contributed by atoms with Crippen molar-refractivity contribution in [1.82, 2.24) is 15.0 Å². The van der Waals surface area contributed by atoms with Gasteiger partial charge in [-0.3, -0.25) is 4.98 Å². The zero-order chi connectivity index (χ0) is 19.3. The Morgan fingerprint density at radius 1 is 0.929 bits per heavy atom. The van der Waals surface area contributed by atoms with Crippen molar-refractivity contribution in [3.63, 3.8) is 0 Å². The van der Waals surface area contributed by atoms with E-state index in [0.29, 0.717) is 23.0 Å². The van der Waals surface area contributed by atoms with Crippen LogP contribution < -0.4 is 10.6 Å². The van der Waals surface area contributed by atoms with Crippen LogP contribution in [-0.4, -0.2) is 28.0 Å². The summed E-state index contributed by atoms with van der Waals surface area (Å²) in [5.74, 6) is 0.628. The van der Waals surface area contributed by atoms with Crippen LogP contribution >= 0.6 is 0 Å². The molecule has 0 spiro atoms. The Labute approximate surface area is 161 Å². The zero-order valence-corrected chi connectivity index (χ0v) is 15.1. The highest BCUT2D eigenvalue weighted by Gasteiger charge is 2.08. The van der Waals surface area contributed by atoms with Gasteiger partial charge in [-0.15, -0.1) is 0 Å². The Morgan fingerprint density at radius 2 is 1.79 bits per heavy atom. The van der Waals surface area contributed by atoms with E-state index in [0.717, 1.165) is 16.6 Å². The summed E-state index contributed by atoms with van der Waals surface area (Å²) in [5, 5.41) is 7.43. The van der Waals surface area contributed by atoms with Gasteiger partial charge in [-0.25, -0.2) is 9.78 Å². The van der Waals surface area contributed by atoms with E-state index in [9.17, 15) is 4.79 Å². The first-order valence-corrected chi connectivity index (χ1v) is 8.62. The van der Waals surface area contributed by atoms with Gasteiger partial charge in [0.15, 0.2) is 0 Å². The Bertz CT molecular complexity index is 1140. The lowest BCUT2D eigenvalue weighted by Gasteiger charge is -2.10. The summed E-state index contributed by atoms with van der Waals surface area (Å²) in [6, 6.07) is 18.6. The monoisotopic (exact) mass is 371 g/mol. The van der Waals surface area contributed by atoms with Gasteiger partial charge in [-0.05, 0) is 36.4 Å². The molecule has 0 atom stereocenters. The second-order valence-corrected chi connectivity index (χ2v) is 5.97. The van der Waals surface area contributed by atoms with Gasteiger partial charge < -0.3 is 15.4 Å². The number of benzene rings is 2. The van der Waals surface area contributed by atoms with Crippen LogP contribution in [-0.2, 0) is 4.74 Å². The molecule has 4 rings (SSSR count). The number of hydrogen-bond acceptors (Lipinski definition) is 7. The number of methoxy groups -OCH3 is 1. The molecule has 0 aliphatic carbocycles. The number of ether oxygens (including phenoxy) is 1. The standard InChI is InChI=1S/C21H17N5O2/c1-28-20(27)15-6-2-8-16(13-15)24-21-23-12-10-18(26-21)25-17-9-3-5-14-7-4-11-22-19(14)17/h2-13H,1H3,(H2,23,24,25,26). The molecule has 7 nitrogen and oxygen atoms in total. The van der Waals surface area contributed by atoms with Gasteiger partial charge in [0, 0.05) is 23.5 Å². The van der Waals surface area contributed by atoms with Crippen molar-refractivity contribution in [2.45, 2.75) is 0 Å². The minimum Gasteiger partial charge on any atom is -0.465 e. The SMILES string of the molecule is COC(=O)c1cccc(Nc2nccc(Nc3cccc4cccnc34)n2)c1. The molecule has 2 heterocycles. The largest absolute Gasteiger partial charge is 0.465 e. The number of fused-ring (bicyclic) bond motifs is 1. The maximum atomic E-state index is 11.7. The predicted molar refractivity (Wildman–Crippen MR) is 108 cm³/mol. The van der Waals surface area contributed by atoms with Crippen LogP contribution in [0.4, 0.5) is 23.1 Å². The van der Waals surface area contributed by atoms with Crippen LogP contribution in [0.25, 0.3) is 10.9 Å². The van der Waals surface area contributed by atoms with E-state index in [-0.39, 0.29) is 0 Å². The van der Waals surface area contributed by atoms with Crippen LogP contribution in [0, 0.1) is 0 Å². The minimum atomic E-state index is -0.400. The molecule has 2 aromatic heterocycles. The van der Waals surface area contributed by atoms with Crippen molar-refractivity contribution in [2.24, 2.45) is 0 Å². The number of nitrogens with one attached hydrogen (secondary N) is 2. The van der Waals surface area contributed by atoms with E-state index >= 15 is 0 Å². The quantitative estimate of drug-likeness (QED) is 0.506. The summed E-state index contributed by atoms with van der Waals surface area (Å²) >= 11 is 0. The Hall–Kier alpha value is -4.00. The molecule has 28 heavy (non-hydrogen) atoms. The van der Waals surface area contributed by atoms with Crippen LogP contribution in [0.5, 0.6) is 0 Å². The van der Waals surface area contributed by atoms with Crippen LogP contribution in [0.2, 0.25) is 0 Å². The molecule has 0 saturated carbocycles. The molecule has 2 aromatic carbocycles. The summed E-state index contributed by atoms with van der Waals surface area (Å²) < 4.78 is 4.75. The smallest absolute Gasteiger partial charge is 0.337 e. The van der Waals surface area contributed by atoms with Gasteiger partial charge in [-0.1, -0.05) is 24.3 Å². The Morgan fingerprint density at radius 3 is 2.68 bits per heavy atom. The Balaban J connectivity index is 1.57. The van der Waals surface area contributed by atoms with Crippen molar-refractivity contribution < 1.29 is 9.53 Å². The molecule has 0 unspecified atom stereocenters. The number of hydrogen-bond donors (Lipinski definition) is 2. The normalized spacial score (nSPS) is 10.5. The first-order valence-electron chi connectivity index (χ1n) is 8.62. The number of anilines is 4. The Kier molecular flexibility index (Phi) is 4.79. The summed E-state index contributed by atoms with van der Waals surface area (Å²) in [6.45, 7) is 0. The molecule has 0 radical (unpaired) electrons. The van der Waals surface area contributed by atoms with Gasteiger partial charge in [-0.2, -0.15) is 4.98 Å². The van der Waals surface area contributed by atoms with Crippen molar-refractivity contribution in [3.8, 4) is 0 Å². The van der Waals surface area contributed by atoms with E-state index in [1.165, 1.54) is 7.11 Å². The fourth-order valence-corrected chi connectivity index (χ4v) is 2.80. The molecule has 0 saturated heterocycles. The minimum absolute atomic E-state index is 0.400. The number of aromatic nitrogens is 3. The van der Waals surface area contributed by atoms with Crippen LogP contribution in [0.1, 0.15) is 10.4 Å². The molecule has 0 aliphatic rings. The first kappa shape index (κ1) is 17.4. The van der Waals surface area contributed by atoms with Gasteiger partial charge in [0.05, 0.1) is 23.9 Å². The number of esters is 1. The van der Waals surface area contributed by atoms with Gasteiger partial charge in [0.2, 0.25) is 5.95 Å². The van der Waals surface area contributed by atoms with E-state index in [2.05, 4.69) is 25.6 Å². The molecule has 2 N–H and O–H groups in total. The molecule has 4 aromatic rings. The zero-order valence-electron chi connectivity index (χ0n) is 15.1. The number of para-hydroxylation sites is 1. The third-order valence-electron chi connectivity index (χ3n) is 4.09. The van der Waals surface area contributed by atoms with E-state index in [1.54, 1.807) is 36.7 Å². The lowest BCUT2D eigenvalue weighted by atomic mass is 10.2. The average Bonchev–Trinajstić information content (AvgIpc) is 2.74. The lowest BCUT2D eigenvalue weighted by molar-refractivity contribution is 0.0601. The molecular weight excluding hydrogens is 354 g/mol.